The molecule has 1 saturated heterocycles. The first kappa shape index (κ1) is 13.5. The van der Waals surface area contributed by atoms with Crippen LogP contribution in [0.1, 0.15) is 36.0 Å². The second-order valence-electron chi connectivity index (χ2n) is 4.27. The van der Waals surface area contributed by atoms with Crippen LogP contribution in [0.3, 0.4) is 0 Å². The van der Waals surface area contributed by atoms with Gasteiger partial charge in [-0.2, -0.15) is 0 Å². The number of rotatable bonds is 2. The second kappa shape index (κ2) is 5.40. The third kappa shape index (κ3) is 2.61. The van der Waals surface area contributed by atoms with Gasteiger partial charge in [0.25, 0.3) is 0 Å². The third-order valence-corrected chi connectivity index (χ3v) is 3.29. The van der Waals surface area contributed by atoms with E-state index in [0.29, 0.717) is 12.8 Å². The number of amides is 2. The highest BCUT2D eigenvalue weighted by atomic mass is 35.5. The lowest BCUT2D eigenvalue weighted by atomic mass is 10.1. The van der Waals surface area contributed by atoms with Crippen LogP contribution in [-0.4, -0.2) is 22.9 Å². The molecule has 1 aromatic carbocycles. The molecule has 19 heavy (non-hydrogen) atoms. The number of aromatic carboxylic acids is 1. The van der Waals surface area contributed by atoms with Crippen LogP contribution in [-0.2, 0) is 9.59 Å². The first-order valence-corrected chi connectivity index (χ1v) is 6.27. The van der Waals surface area contributed by atoms with Crippen molar-refractivity contribution >= 4 is 35.1 Å². The fourth-order valence-corrected chi connectivity index (χ4v) is 2.35. The molecule has 0 aromatic heterocycles. The number of hydrogen-bond donors (Lipinski definition) is 1. The number of nitrogens with zero attached hydrogens (tertiary/aromatic N) is 1. The molecule has 1 N–H and O–H groups in total. The average Bonchev–Trinajstić information content (AvgIpc) is 2.50. The molecule has 0 bridgehead atoms. The van der Waals surface area contributed by atoms with Crippen LogP contribution in [0.15, 0.2) is 18.2 Å². The maximum Gasteiger partial charge on any atom is 0.339 e. The zero-order chi connectivity index (χ0) is 14.0. The van der Waals surface area contributed by atoms with E-state index in [1.165, 1.54) is 18.2 Å². The van der Waals surface area contributed by atoms with Crippen LogP contribution in [0, 0.1) is 0 Å². The van der Waals surface area contributed by atoms with Crippen molar-refractivity contribution in [3.05, 3.63) is 28.8 Å². The summed E-state index contributed by atoms with van der Waals surface area (Å²) in [5.41, 5.74) is -0.162. The van der Waals surface area contributed by atoms with Crippen molar-refractivity contribution in [2.45, 2.75) is 25.7 Å². The van der Waals surface area contributed by atoms with Crippen molar-refractivity contribution in [1.82, 2.24) is 0 Å². The third-order valence-electron chi connectivity index (χ3n) is 2.98. The Morgan fingerprint density at radius 3 is 2.26 bits per heavy atom. The number of carbonyl (C=O) groups excluding carboxylic acids is 2. The molecule has 0 saturated carbocycles. The number of hydrogen-bond acceptors (Lipinski definition) is 3. The van der Waals surface area contributed by atoms with Crippen molar-refractivity contribution in [2.75, 3.05) is 4.90 Å². The summed E-state index contributed by atoms with van der Waals surface area (Å²) in [4.78, 5) is 36.2. The van der Waals surface area contributed by atoms with Crippen molar-refractivity contribution in [2.24, 2.45) is 0 Å². The van der Waals surface area contributed by atoms with E-state index in [1.807, 2.05) is 0 Å². The molecule has 6 heteroatoms. The Morgan fingerprint density at radius 1 is 1.16 bits per heavy atom. The quantitative estimate of drug-likeness (QED) is 0.845. The molecule has 2 rings (SSSR count). The maximum atomic E-state index is 12.0. The van der Waals surface area contributed by atoms with Gasteiger partial charge in [0.1, 0.15) is 5.56 Å². The highest BCUT2D eigenvalue weighted by molar-refractivity contribution is 6.35. The SMILES string of the molecule is O=C(O)c1c(Cl)cccc1N1C(=O)CCCCC1=O. The lowest BCUT2D eigenvalue weighted by Gasteiger charge is -2.21. The van der Waals surface area contributed by atoms with Crippen LogP contribution in [0.2, 0.25) is 5.02 Å². The fourth-order valence-electron chi connectivity index (χ4n) is 2.09. The summed E-state index contributed by atoms with van der Waals surface area (Å²) in [6.45, 7) is 0. The van der Waals surface area contributed by atoms with Gasteiger partial charge in [0.15, 0.2) is 0 Å². The molecule has 2 amide bonds. The van der Waals surface area contributed by atoms with Crippen molar-refractivity contribution in [1.29, 1.82) is 0 Å². The number of carbonyl (C=O) groups is 3. The minimum absolute atomic E-state index is 0.00912. The Balaban J connectivity index is 2.56. The van der Waals surface area contributed by atoms with Gasteiger partial charge in [0.05, 0.1) is 10.7 Å². The number of anilines is 1. The molecule has 1 fully saturated rings. The molecule has 5 nitrogen and oxygen atoms in total. The van der Waals surface area contributed by atoms with E-state index in [0.717, 1.165) is 4.90 Å². The minimum atomic E-state index is -1.26. The number of imide groups is 1. The van der Waals surface area contributed by atoms with Crippen LogP contribution in [0.25, 0.3) is 0 Å². The summed E-state index contributed by atoms with van der Waals surface area (Å²) in [5.74, 6) is -2.02. The maximum absolute atomic E-state index is 12.0. The number of carboxylic acid groups (broad SMARTS) is 1. The first-order chi connectivity index (χ1) is 9.02. The predicted molar refractivity (Wildman–Crippen MR) is 69.4 cm³/mol. The predicted octanol–water partition coefficient (Wildman–Crippen LogP) is 2.47. The summed E-state index contributed by atoms with van der Waals surface area (Å²) >= 11 is 5.85. The van der Waals surface area contributed by atoms with Crippen molar-refractivity contribution in [3.8, 4) is 0 Å². The number of carboxylic acids is 1. The molecule has 0 atom stereocenters. The molecule has 1 aliphatic rings. The van der Waals surface area contributed by atoms with E-state index >= 15 is 0 Å². The lowest BCUT2D eigenvalue weighted by Crippen LogP contribution is -2.36. The summed E-state index contributed by atoms with van der Waals surface area (Å²) < 4.78 is 0. The van der Waals surface area contributed by atoms with Crippen molar-refractivity contribution < 1.29 is 19.5 Å². The van der Waals surface area contributed by atoms with E-state index in [2.05, 4.69) is 0 Å². The largest absolute Gasteiger partial charge is 0.478 e. The second-order valence-corrected chi connectivity index (χ2v) is 4.68. The molecular formula is C13H12ClNO4. The topological polar surface area (TPSA) is 74.7 Å². The molecule has 0 spiro atoms. The van der Waals surface area contributed by atoms with Gasteiger partial charge in [-0.3, -0.25) is 9.59 Å². The summed E-state index contributed by atoms with van der Waals surface area (Å²) in [6, 6.07) is 4.37. The van der Waals surface area contributed by atoms with E-state index in [9.17, 15) is 19.5 Å². The molecular weight excluding hydrogens is 270 g/mol. The first-order valence-electron chi connectivity index (χ1n) is 5.90. The molecule has 1 aliphatic heterocycles. The Labute approximate surface area is 114 Å². The van der Waals surface area contributed by atoms with Crippen molar-refractivity contribution in [3.63, 3.8) is 0 Å². The van der Waals surface area contributed by atoms with Crippen LogP contribution in [0.4, 0.5) is 5.69 Å². The van der Waals surface area contributed by atoms with E-state index in [-0.39, 0.29) is 40.9 Å². The van der Waals surface area contributed by atoms with Crippen LogP contribution >= 0.6 is 11.6 Å². The molecule has 0 radical (unpaired) electrons. The standard InChI is InChI=1S/C13H12ClNO4/c14-8-4-3-5-9(12(8)13(18)19)15-10(16)6-1-2-7-11(15)17/h3-5H,1-2,6-7H2,(H,18,19). The summed E-state index contributed by atoms with van der Waals surface area (Å²) in [7, 11) is 0. The Kier molecular flexibility index (Phi) is 3.85. The van der Waals surface area contributed by atoms with Gasteiger partial charge in [-0.05, 0) is 25.0 Å². The molecule has 0 unspecified atom stereocenters. The normalized spacial score (nSPS) is 16.4. The van der Waals surface area contributed by atoms with Crippen LogP contribution < -0.4 is 4.90 Å². The molecule has 0 aliphatic carbocycles. The highest BCUT2D eigenvalue weighted by Gasteiger charge is 2.29. The number of benzene rings is 1. The number of halogens is 1. The Morgan fingerprint density at radius 2 is 1.74 bits per heavy atom. The van der Waals surface area contributed by atoms with Gasteiger partial charge in [-0.25, -0.2) is 9.69 Å². The molecule has 100 valence electrons. The molecule has 1 heterocycles. The minimum Gasteiger partial charge on any atom is -0.478 e. The van der Waals surface area contributed by atoms with Gasteiger partial charge < -0.3 is 5.11 Å². The summed E-state index contributed by atoms with van der Waals surface area (Å²) in [6.07, 6.45) is 1.72. The van der Waals surface area contributed by atoms with Crippen LogP contribution in [0.5, 0.6) is 0 Å². The average molecular weight is 282 g/mol. The van der Waals surface area contributed by atoms with Gasteiger partial charge in [0.2, 0.25) is 11.8 Å². The van der Waals surface area contributed by atoms with Gasteiger partial charge >= 0.3 is 5.97 Å². The Hall–Kier alpha value is -1.88. The highest BCUT2D eigenvalue weighted by Crippen LogP contribution is 2.30. The van der Waals surface area contributed by atoms with Gasteiger partial charge in [0, 0.05) is 12.8 Å². The molecule has 1 aromatic rings. The van der Waals surface area contributed by atoms with E-state index in [4.69, 9.17) is 11.6 Å². The van der Waals surface area contributed by atoms with Gasteiger partial charge in [-0.15, -0.1) is 0 Å². The summed E-state index contributed by atoms with van der Waals surface area (Å²) in [5, 5.41) is 9.20. The monoisotopic (exact) mass is 281 g/mol. The zero-order valence-electron chi connectivity index (χ0n) is 10.1. The Bertz CT molecular complexity index is 538. The van der Waals surface area contributed by atoms with Gasteiger partial charge in [-0.1, -0.05) is 17.7 Å². The van der Waals surface area contributed by atoms with E-state index in [1.54, 1.807) is 0 Å². The smallest absolute Gasteiger partial charge is 0.339 e. The zero-order valence-corrected chi connectivity index (χ0v) is 10.8. The van der Waals surface area contributed by atoms with E-state index < -0.39 is 5.97 Å². The lowest BCUT2D eigenvalue weighted by molar-refractivity contribution is -0.125. The fraction of sp³-hybridized carbons (Fsp3) is 0.308.